The molecule has 1 amide bonds. The lowest BCUT2D eigenvalue weighted by Crippen LogP contribution is -2.28. The number of amidine groups is 1. The third kappa shape index (κ3) is 3.04. The number of nitrogens with zero attached hydrogens (tertiary/aromatic N) is 4. The van der Waals surface area contributed by atoms with E-state index in [2.05, 4.69) is 9.98 Å². The van der Waals surface area contributed by atoms with Crippen molar-refractivity contribution in [3.8, 4) is 0 Å². The minimum Gasteiger partial charge on any atom is -0.329 e. The summed E-state index contributed by atoms with van der Waals surface area (Å²) in [6, 6.07) is 5.97. The van der Waals surface area contributed by atoms with E-state index in [0.29, 0.717) is 28.9 Å². The molecule has 1 aromatic heterocycles. The summed E-state index contributed by atoms with van der Waals surface area (Å²) in [7, 11) is 0. The highest BCUT2D eigenvalue weighted by Gasteiger charge is 2.29. The molecule has 0 fully saturated rings. The van der Waals surface area contributed by atoms with Crippen LogP contribution in [0.4, 0.5) is 8.78 Å². The summed E-state index contributed by atoms with van der Waals surface area (Å²) < 4.78 is 29.6. The van der Waals surface area contributed by atoms with Crippen molar-refractivity contribution < 1.29 is 13.6 Å². The van der Waals surface area contributed by atoms with Crippen molar-refractivity contribution in [1.29, 1.82) is 0 Å². The zero-order valence-corrected chi connectivity index (χ0v) is 15.3. The number of aromatic nitrogens is 1. The van der Waals surface area contributed by atoms with Crippen molar-refractivity contribution >= 4 is 17.3 Å². The van der Waals surface area contributed by atoms with Crippen molar-refractivity contribution in [3.63, 3.8) is 0 Å². The molecule has 0 saturated heterocycles. The number of benzene rings is 1. The molecule has 3 aliphatic heterocycles. The van der Waals surface area contributed by atoms with Gasteiger partial charge < -0.3 is 9.80 Å². The van der Waals surface area contributed by atoms with E-state index in [-0.39, 0.29) is 24.6 Å². The van der Waals surface area contributed by atoms with E-state index in [9.17, 15) is 13.6 Å². The van der Waals surface area contributed by atoms with Crippen LogP contribution in [0.15, 0.2) is 66.1 Å². The van der Waals surface area contributed by atoms with Gasteiger partial charge >= 0.3 is 0 Å². The molecule has 0 bridgehead atoms. The molecule has 2 aromatic rings. The maximum Gasteiger partial charge on any atom is 0.256 e. The fraction of sp³-hybridized carbons (Fsp3) is 0.136. The van der Waals surface area contributed by atoms with Gasteiger partial charge in [-0.25, -0.2) is 13.8 Å². The fourth-order valence-electron chi connectivity index (χ4n) is 3.68. The molecule has 1 aromatic carbocycles. The molecule has 29 heavy (non-hydrogen) atoms. The Kier molecular flexibility index (Phi) is 4.08. The molecule has 7 heteroatoms. The number of carbonyl (C=O) groups is 1. The van der Waals surface area contributed by atoms with Crippen LogP contribution in [-0.4, -0.2) is 33.1 Å². The van der Waals surface area contributed by atoms with Crippen molar-refractivity contribution in [2.45, 2.75) is 13.1 Å². The van der Waals surface area contributed by atoms with Gasteiger partial charge in [0.15, 0.2) is 0 Å². The molecule has 0 unspecified atom stereocenters. The average Bonchev–Trinajstić information content (AvgIpc) is 3.06. The Bertz CT molecular complexity index is 1130. The van der Waals surface area contributed by atoms with Crippen LogP contribution in [0.2, 0.25) is 0 Å². The van der Waals surface area contributed by atoms with Gasteiger partial charge in [0.2, 0.25) is 0 Å². The number of aliphatic imine (C=N–C) groups is 1. The summed E-state index contributed by atoms with van der Waals surface area (Å²) in [5.41, 5.74) is 2.11. The number of rotatable bonds is 3. The van der Waals surface area contributed by atoms with Gasteiger partial charge in [0.1, 0.15) is 17.5 Å². The Labute approximate surface area is 166 Å². The monoisotopic (exact) mass is 390 g/mol. The van der Waals surface area contributed by atoms with Crippen LogP contribution >= 0.6 is 0 Å². The van der Waals surface area contributed by atoms with E-state index in [1.54, 1.807) is 30.6 Å². The van der Waals surface area contributed by atoms with Crippen LogP contribution in [0.1, 0.15) is 27.2 Å². The van der Waals surface area contributed by atoms with Crippen LogP contribution in [-0.2, 0) is 13.1 Å². The van der Waals surface area contributed by atoms with Crippen molar-refractivity contribution in [2.24, 2.45) is 4.99 Å². The highest BCUT2D eigenvalue weighted by molar-refractivity contribution is 6.00. The number of halogens is 2. The lowest BCUT2D eigenvalue weighted by atomic mass is 10.0. The van der Waals surface area contributed by atoms with Gasteiger partial charge in [0.25, 0.3) is 5.91 Å². The van der Waals surface area contributed by atoms with Gasteiger partial charge in [0, 0.05) is 30.7 Å². The normalized spacial score (nSPS) is 17.2. The highest BCUT2D eigenvalue weighted by atomic mass is 19.1. The number of fused-ring (bicyclic) bond motifs is 2. The molecule has 4 heterocycles. The minimum atomic E-state index is -0.677. The summed E-state index contributed by atoms with van der Waals surface area (Å²) in [5, 5.41) is 0. The lowest BCUT2D eigenvalue weighted by molar-refractivity contribution is 0.0763. The molecule has 5 rings (SSSR count). The molecular formula is C22H16F2N4O. The first-order chi connectivity index (χ1) is 14.1. The summed E-state index contributed by atoms with van der Waals surface area (Å²) in [5.74, 6) is -0.832. The van der Waals surface area contributed by atoms with Gasteiger partial charge in [-0.3, -0.25) is 9.78 Å². The molecule has 3 aliphatic rings. The molecule has 0 N–H and O–H groups in total. The highest BCUT2D eigenvalue weighted by Crippen LogP contribution is 2.28. The Morgan fingerprint density at radius 1 is 1.14 bits per heavy atom. The standard InChI is InChI=1S/C22H16F2N4O/c23-18-9-15(14-4-5-21-26-7-2-8-27(21)11-14)10-19(24)17(18)12-28-13-20-16(22(28)29)3-1-6-25-20/h1-7,9-11H,8,12-13H2. The van der Waals surface area contributed by atoms with Crippen LogP contribution in [0, 0.1) is 11.6 Å². The molecule has 0 aliphatic carbocycles. The van der Waals surface area contributed by atoms with E-state index >= 15 is 0 Å². The van der Waals surface area contributed by atoms with Crippen molar-refractivity contribution in [2.75, 3.05) is 6.54 Å². The third-order valence-corrected chi connectivity index (χ3v) is 5.19. The van der Waals surface area contributed by atoms with E-state index in [0.717, 1.165) is 5.84 Å². The Hall–Kier alpha value is -3.61. The molecule has 5 nitrogen and oxygen atoms in total. The second kappa shape index (κ2) is 6.77. The molecular weight excluding hydrogens is 374 g/mol. The molecule has 0 atom stereocenters. The van der Waals surface area contributed by atoms with Gasteiger partial charge in [-0.2, -0.15) is 0 Å². The Morgan fingerprint density at radius 2 is 1.97 bits per heavy atom. The number of allylic oxidation sites excluding steroid dienone is 2. The summed E-state index contributed by atoms with van der Waals surface area (Å²) in [4.78, 5) is 24.2. The fourth-order valence-corrected chi connectivity index (χ4v) is 3.68. The largest absolute Gasteiger partial charge is 0.329 e. The SMILES string of the molecule is O=C1c2cccnc2CN1Cc1c(F)cc(C2=CN3CC=CN=C3C=C2)cc1F. The van der Waals surface area contributed by atoms with E-state index in [1.165, 1.54) is 17.0 Å². The number of hydrogen-bond donors (Lipinski definition) is 0. The summed E-state index contributed by atoms with van der Waals surface area (Å²) in [6.45, 7) is 0.755. The van der Waals surface area contributed by atoms with Gasteiger partial charge in [0.05, 0.1) is 24.3 Å². The van der Waals surface area contributed by atoms with Crippen LogP contribution in [0.25, 0.3) is 5.57 Å². The molecule has 0 spiro atoms. The van der Waals surface area contributed by atoms with Gasteiger partial charge in [-0.1, -0.05) is 0 Å². The van der Waals surface area contributed by atoms with E-state index in [1.807, 2.05) is 23.3 Å². The number of hydrogen-bond acceptors (Lipinski definition) is 4. The smallest absolute Gasteiger partial charge is 0.256 e. The van der Waals surface area contributed by atoms with Crippen molar-refractivity contribution in [3.05, 3.63) is 95.1 Å². The second-order valence-corrected chi connectivity index (χ2v) is 7.02. The first kappa shape index (κ1) is 17.5. The van der Waals surface area contributed by atoms with E-state index in [4.69, 9.17) is 0 Å². The average molecular weight is 390 g/mol. The number of amides is 1. The zero-order valence-electron chi connectivity index (χ0n) is 15.3. The predicted molar refractivity (Wildman–Crippen MR) is 105 cm³/mol. The first-order valence-electron chi connectivity index (χ1n) is 9.21. The van der Waals surface area contributed by atoms with Crippen molar-refractivity contribution in [1.82, 2.24) is 14.8 Å². The topological polar surface area (TPSA) is 48.8 Å². The van der Waals surface area contributed by atoms with E-state index < -0.39 is 11.6 Å². The van der Waals surface area contributed by atoms with Gasteiger partial charge in [-0.05, 0) is 53.6 Å². The minimum absolute atomic E-state index is 0.126. The number of carbonyl (C=O) groups excluding carboxylic acids is 1. The van der Waals surface area contributed by atoms with Crippen LogP contribution in [0.5, 0.6) is 0 Å². The summed E-state index contributed by atoms with van der Waals surface area (Å²) >= 11 is 0. The van der Waals surface area contributed by atoms with Gasteiger partial charge in [-0.15, -0.1) is 0 Å². The maximum atomic E-state index is 14.8. The van der Waals surface area contributed by atoms with Crippen LogP contribution in [0.3, 0.4) is 0 Å². The number of pyridine rings is 1. The molecule has 0 radical (unpaired) electrons. The predicted octanol–water partition coefficient (Wildman–Crippen LogP) is 3.65. The lowest BCUT2D eigenvalue weighted by Gasteiger charge is -2.25. The molecule has 0 saturated carbocycles. The van der Waals surface area contributed by atoms with Crippen LogP contribution < -0.4 is 0 Å². The third-order valence-electron chi connectivity index (χ3n) is 5.19. The Morgan fingerprint density at radius 3 is 2.76 bits per heavy atom. The molecule has 144 valence electrons. The first-order valence-corrected chi connectivity index (χ1v) is 9.21. The zero-order chi connectivity index (χ0) is 20.0. The maximum absolute atomic E-state index is 14.8. The quantitative estimate of drug-likeness (QED) is 0.804. The summed E-state index contributed by atoms with van der Waals surface area (Å²) in [6.07, 6.45) is 10.7. The second-order valence-electron chi connectivity index (χ2n) is 7.02. The Balaban J connectivity index is 1.41.